The zero-order valence-corrected chi connectivity index (χ0v) is 12.2. The Balaban J connectivity index is 1.99. The predicted molar refractivity (Wildman–Crippen MR) is 79.2 cm³/mol. The van der Waals surface area contributed by atoms with E-state index < -0.39 is 5.82 Å². The largest absolute Gasteiger partial charge is 0.382 e. The Morgan fingerprint density at radius 2 is 2.10 bits per heavy atom. The van der Waals surface area contributed by atoms with Gasteiger partial charge in [-0.3, -0.25) is 4.79 Å². The van der Waals surface area contributed by atoms with E-state index in [2.05, 4.69) is 10.2 Å². The highest BCUT2D eigenvalue weighted by Gasteiger charge is 2.19. The molecule has 1 aliphatic rings. The summed E-state index contributed by atoms with van der Waals surface area (Å²) in [5.74, 6) is -0.790. The van der Waals surface area contributed by atoms with Crippen molar-refractivity contribution in [3.05, 3.63) is 24.0 Å². The molecule has 1 N–H and O–H groups in total. The number of ether oxygens (including phenoxy) is 2. The Bertz CT molecular complexity index is 476. The fourth-order valence-corrected chi connectivity index (χ4v) is 2.34. The molecule has 1 saturated heterocycles. The molecule has 1 fully saturated rings. The van der Waals surface area contributed by atoms with Gasteiger partial charge in [-0.25, -0.2) is 4.39 Å². The molecule has 1 aromatic rings. The van der Waals surface area contributed by atoms with Crippen LogP contribution in [0.15, 0.2) is 18.2 Å². The monoisotopic (exact) mass is 296 g/mol. The van der Waals surface area contributed by atoms with Gasteiger partial charge in [-0.15, -0.1) is 0 Å². The maximum absolute atomic E-state index is 14.0. The third kappa shape index (κ3) is 4.41. The maximum atomic E-state index is 14.0. The number of benzene rings is 1. The average Bonchev–Trinajstić information content (AvgIpc) is 3.00. The number of carbonyl (C=O) groups excluding carboxylic acids is 1. The summed E-state index contributed by atoms with van der Waals surface area (Å²) in [7, 11) is 1.56. The number of rotatable bonds is 7. The summed E-state index contributed by atoms with van der Waals surface area (Å²) in [5.41, 5.74) is 0.970. The number of amides is 1. The lowest BCUT2D eigenvalue weighted by Gasteiger charge is -2.22. The number of hydrogen-bond donors (Lipinski definition) is 1. The van der Waals surface area contributed by atoms with Crippen LogP contribution < -0.4 is 10.2 Å². The van der Waals surface area contributed by atoms with E-state index in [0.717, 1.165) is 31.6 Å². The van der Waals surface area contributed by atoms with Crippen LogP contribution in [-0.2, 0) is 14.3 Å². The van der Waals surface area contributed by atoms with Gasteiger partial charge in [0.05, 0.1) is 18.9 Å². The van der Waals surface area contributed by atoms with Crippen molar-refractivity contribution in [1.29, 1.82) is 0 Å². The van der Waals surface area contributed by atoms with Gasteiger partial charge in [0.15, 0.2) is 0 Å². The molecule has 21 heavy (non-hydrogen) atoms. The molecule has 1 heterocycles. The molecule has 2 rings (SSSR count). The summed E-state index contributed by atoms with van der Waals surface area (Å²) in [6, 6.07) is 4.84. The quantitative estimate of drug-likeness (QED) is 0.782. The summed E-state index contributed by atoms with van der Waals surface area (Å²) in [4.78, 5) is 13.9. The van der Waals surface area contributed by atoms with Gasteiger partial charge in [0.25, 0.3) is 5.91 Å². The van der Waals surface area contributed by atoms with E-state index in [1.54, 1.807) is 13.2 Å². The number of nitrogens with zero attached hydrogens (tertiary/aromatic N) is 1. The molecule has 0 bridgehead atoms. The van der Waals surface area contributed by atoms with Crippen LogP contribution in [0.2, 0.25) is 0 Å². The van der Waals surface area contributed by atoms with Gasteiger partial charge in [0.1, 0.15) is 18.1 Å². The summed E-state index contributed by atoms with van der Waals surface area (Å²) in [5, 5.41) is 2.61. The van der Waals surface area contributed by atoms with Gasteiger partial charge < -0.3 is 19.7 Å². The van der Waals surface area contributed by atoms with Crippen LogP contribution in [0, 0.1) is 5.82 Å². The second-order valence-electron chi connectivity index (χ2n) is 4.92. The van der Waals surface area contributed by atoms with Crippen LogP contribution in [0.3, 0.4) is 0 Å². The average molecular weight is 296 g/mol. The van der Waals surface area contributed by atoms with Crippen molar-refractivity contribution >= 4 is 17.3 Å². The molecule has 116 valence electrons. The van der Waals surface area contributed by atoms with Crippen LogP contribution in [0.25, 0.3) is 0 Å². The number of hydrogen-bond acceptors (Lipinski definition) is 4. The summed E-state index contributed by atoms with van der Waals surface area (Å²) in [6.07, 6.45) is 2.17. The molecule has 0 saturated carbocycles. The van der Waals surface area contributed by atoms with E-state index in [1.165, 1.54) is 6.07 Å². The summed E-state index contributed by atoms with van der Waals surface area (Å²) >= 11 is 0. The number of carbonyl (C=O) groups is 1. The topological polar surface area (TPSA) is 50.8 Å². The molecule has 1 aromatic carbocycles. The van der Waals surface area contributed by atoms with E-state index in [4.69, 9.17) is 9.47 Å². The molecule has 6 heteroatoms. The maximum Gasteiger partial charge on any atom is 0.250 e. The van der Waals surface area contributed by atoms with Crippen LogP contribution in [0.5, 0.6) is 0 Å². The van der Waals surface area contributed by atoms with Gasteiger partial charge in [-0.1, -0.05) is 6.07 Å². The first-order chi connectivity index (χ1) is 10.2. The third-order valence-electron chi connectivity index (χ3n) is 3.37. The fourth-order valence-electron chi connectivity index (χ4n) is 2.34. The van der Waals surface area contributed by atoms with Gasteiger partial charge in [0, 0.05) is 20.2 Å². The number of methoxy groups -OCH3 is 1. The first-order valence-corrected chi connectivity index (χ1v) is 7.12. The van der Waals surface area contributed by atoms with E-state index in [9.17, 15) is 9.18 Å². The first-order valence-electron chi connectivity index (χ1n) is 7.12. The molecule has 1 aliphatic heterocycles. The molecule has 1 amide bonds. The number of anilines is 2. The lowest BCUT2D eigenvalue weighted by Crippen LogP contribution is -2.24. The highest BCUT2D eigenvalue weighted by molar-refractivity contribution is 5.95. The van der Waals surface area contributed by atoms with Crippen LogP contribution in [-0.4, -0.2) is 45.9 Å². The second-order valence-corrected chi connectivity index (χ2v) is 4.92. The van der Waals surface area contributed by atoms with Gasteiger partial charge in [0.2, 0.25) is 0 Å². The van der Waals surface area contributed by atoms with E-state index in [1.807, 2.05) is 6.07 Å². The Hall–Kier alpha value is -1.66. The van der Waals surface area contributed by atoms with E-state index in [-0.39, 0.29) is 18.2 Å². The molecule has 0 spiro atoms. The molecule has 0 aliphatic carbocycles. The smallest absolute Gasteiger partial charge is 0.250 e. The SMILES string of the molecule is COCCOCC(=O)Nc1c(F)cccc1N1CCCC1. The fraction of sp³-hybridized carbons (Fsp3) is 0.533. The van der Waals surface area contributed by atoms with Crippen molar-refractivity contribution in [3.8, 4) is 0 Å². The highest BCUT2D eigenvalue weighted by Crippen LogP contribution is 2.31. The van der Waals surface area contributed by atoms with Crippen molar-refractivity contribution in [2.24, 2.45) is 0 Å². The van der Waals surface area contributed by atoms with Crippen LogP contribution >= 0.6 is 0 Å². The molecule has 5 nitrogen and oxygen atoms in total. The lowest BCUT2D eigenvalue weighted by molar-refractivity contribution is -0.121. The van der Waals surface area contributed by atoms with Crippen molar-refractivity contribution < 1.29 is 18.7 Å². The Labute approximate surface area is 124 Å². The molecule has 0 atom stereocenters. The highest BCUT2D eigenvalue weighted by atomic mass is 19.1. The molecule has 0 radical (unpaired) electrons. The minimum absolute atomic E-state index is 0.114. The van der Waals surface area contributed by atoms with Gasteiger partial charge in [-0.2, -0.15) is 0 Å². The van der Waals surface area contributed by atoms with Crippen molar-refractivity contribution in [2.75, 3.05) is 50.2 Å². The van der Waals surface area contributed by atoms with Gasteiger partial charge in [-0.05, 0) is 25.0 Å². The lowest BCUT2D eigenvalue weighted by atomic mass is 10.2. The molecule has 0 unspecified atom stereocenters. The van der Waals surface area contributed by atoms with Crippen molar-refractivity contribution in [3.63, 3.8) is 0 Å². The van der Waals surface area contributed by atoms with Crippen molar-refractivity contribution in [2.45, 2.75) is 12.8 Å². The Morgan fingerprint density at radius 3 is 2.81 bits per heavy atom. The first kappa shape index (κ1) is 15.7. The number of para-hydroxylation sites is 1. The molecular weight excluding hydrogens is 275 g/mol. The van der Waals surface area contributed by atoms with Gasteiger partial charge >= 0.3 is 0 Å². The predicted octanol–water partition coefficient (Wildman–Crippen LogP) is 2.03. The number of nitrogens with one attached hydrogen (secondary N) is 1. The minimum atomic E-state index is -0.426. The normalized spacial score (nSPS) is 14.5. The summed E-state index contributed by atoms with van der Waals surface area (Å²) in [6.45, 7) is 2.41. The van der Waals surface area contributed by atoms with E-state index >= 15 is 0 Å². The molecule has 0 aromatic heterocycles. The standard InChI is InChI=1S/C15H21FN2O3/c1-20-9-10-21-11-14(19)17-15-12(16)5-4-6-13(15)18-7-2-3-8-18/h4-6H,2-3,7-11H2,1H3,(H,17,19). The zero-order valence-electron chi connectivity index (χ0n) is 12.2. The zero-order chi connectivity index (χ0) is 15.1. The Kier molecular flexibility index (Phi) is 5.95. The minimum Gasteiger partial charge on any atom is -0.382 e. The Morgan fingerprint density at radius 1 is 1.33 bits per heavy atom. The second kappa shape index (κ2) is 7.95. The van der Waals surface area contributed by atoms with E-state index in [0.29, 0.717) is 13.2 Å². The van der Waals surface area contributed by atoms with Crippen molar-refractivity contribution in [1.82, 2.24) is 0 Å². The van der Waals surface area contributed by atoms with Crippen LogP contribution in [0.1, 0.15) is 12.8 Å². The van der Waals surface area contributed by atoms with Crippen LogP contribution in [0.4, 0.5) is 15.8 Å². The molecular formula is C15H21FN2O3. The number of halogens is 1. The summed E-state index contributed by atoms with van der Waals surface area (Å²) < 4.78 is 24.0. The third-order valence-corrected chi connectivity index (χ3v) is 3.37.